The molecule has 354 valence electrons. The van der Waals surface area contributed by atoms with E-state index in [1.54, 1.807) is 5.57 Å². The summed E-state index contributed by atoms with van der Waals surface area (Å²) in [6, 6.07) is 6.17. The van der Waals surface area contributed by atoms with Crippen LogP contribution in [0.5, 0.6) is 5.75 Å². The largest absolute Gasteiger partial charge is 0.508 e. The number of nitrogens with zero attached hydrogens (tertiary/aromatic N) is 1. The van der Waals surface area contributed by atoms with Crippen LogP contribution in [-0.2, 0) is 11.2 Å². The molecule has 1 aromatic carbocycles. The normalized spacial score (nSPS) is 38.4. The van der Waals surface area contributed by atoms with Crippen molar-refractivity contribution in [3.63, 3.8) is 0 Å². The summed E-state index contributed by atoms with van der Waals surface area (Å²) in [6.45, 7) is 15.8. The monoisotopic (exact) mass is 868 g/mol. The average molecular weight is 868 g/mol. The number of rotatable bonds is 18. The summed E-state index contributed by atoms with van der Waals surface area (Å²) in [5, 5.41) is 21.3. The maximum absolute atomic E-state index is 13.3. The van der Waals surface area contributed by atoms with E-state index >= 15 is 0 Å². The molecule has 0 unspecified atom stereocenters. The van der Waals surface area contributed by atoms with Crippen LogP contribution in [0.15, 0.2) is 29.8 Å². The molecule has 14 atom stereocenters. The van der Waals surface area contributed by atoms with Gasteiger partial charge in [-0.1, -0.05) is 130 Å². The Balaban J connectivity index is 0.701. The Kier molecular flexibility index (Phi) is 15.1. The fourth-order valence-electron chi connectivity index (χ4n) is 17.1. The van der Waals surface area contributed by atoms with Crippen molar-refractivity contribution in [2.75, 3.05) is 13.6 Å². The van der Waals surface area contributed by atoms with Crippen molar-refractivity contribution in [3.8, 4) is 5.75 Å². The molecule has 8 rings (SSSR count). The van der Waals surface area contributed by atoms with Crippen molar-refractivity contribution >= 4 is 6.09 Å². The second-order valence-electron chi connectivity index (χ2n) is 24.7. The number of aliphatic hydroxyl groups excluding tert-OH is 1. The molecule has 5 fully saturated rings. The van der Waals surface area contributed by atoms with E-state index in [1.165, 1.54) is 140 Å². The van der Waals surface area contributed by atoms with Crippen LogP contribution in [0.2, 0.25) is 0 Å². The van der Waals surface area contributed by atoms with Crippen LogP contribution in [0.1, 0.15) is 219 Å². The second-order valence-corrected chi connectivity index (χ2v) is 24.7. The Morgan fingerprint density at radius 2 is 1.49 bits per heavy atom. The highest BCUT2D eigenvalue weighted by Gasteiger charge is 2.60. The SMILES string of the molecule is CC(C)CCC[C@@H](C)[C@H]1CC[C@H]2[C@@H]3CC=C4C[C@@H](OC(=O)N(C)CCCCCCCCCCC[C@@H]5Cc6cc(O)ccc6[C@H]6CC[C@]7(C)[C@@H](O)CC[C@H]7[C@H]56)CC[C@]4(C)[C@H]3CC[C@]12C. The maximum Gasteiger partial charge on any atom is 0.409 e. The number of aromatic hydroxyl groups is 1. The molecular formula is C58H93NO4. The molecule has 0 aromatic heterocycles. The van der Waals surface area contributed by atoms with Gasteiger partial charge in [0.05, 0.1) is 6.10 Å². The number of benzene rings is 1. The predicted molar refractivity (Wildman–Crippen MR) is 260 cm³/mol. The van der Waals surface area contributed by atoms with Crippen LogP contribution < -0.4 is 0 Å². The minimum absolute atomic E-state index is 0.0300. The van der Waals surface area contributed by atoms with Gasteiger partial charge in [-0.15, -0.1) is 0 Å². The number of allylic oxidation sites excluding steroid dienone is 1. The van der Waals surface area contributed by atoms with E-state index in [2.05, 4.69) is 59.8 Å². The molecule has 0 bridgehead atoms. The number of unbranched alkanes of at least 4 members (excludes halogenated alkanes) is 8. The highest BCUT2D eigenvalue weighted by Crippen LogP contribution is 2.68. The van der Waals surface area contributed by atoms with Crippen molar-refractivity contribution < 1.29 is 19.7 Å². The summed E-state index contributed by atoms with van der Waals surface area (Å²) in [7, 11) is 1.94. The highest BCUT2D eigenvalue weighted by atomic mass is 16.6. The molecule has 0 aliphatic heterocycles. The fraction of sp³-hybridized carbons (Fsp3) is 0.845. The van der Waals surface area contributed by atoms with Crippen LogP contribution in [0, 0.1) is 69.5 Å². The molecule has 0 spiro atoms. The molecule has 1 amide bonds. The number of carbonyl (C=O) groups is 1. The highest BCUT2D eigenvalue weighted by molar-refractivity contribution is 5.67. The van der Waals surface area contributed by atoms with Crippen LogP contribution in [0.3, 0.4) is 0 Å². The third-order valence-corrected chi connectivity index (χ3v) is 20.7. The Morgan fingerprint density at radius 3 is 2.25 bits per heavy atom. The summed E-state index contributed by atoms with van der Waals surface area (Å²) in [5.41, 5.74) is 5.40. The van der Waals surface area contributed by atoms with Gasteiger partial charge in [-0.3, -0.25) is 0 Å². The zero-order valence-corrected chi connectivity index (χ0v) is 41.5. The molecule has 0 saturated heterocycles. The molecular weight excluding hydrogens is 775 g/mol. The number of aliphatic hydroxyl groups is 1. The lowest BCUT2D eigenvalue weighted by Gasteiger charge is -2.58. The summed E-state index contributed by atoms with van der Waals surface area (Å²) >= 11 is 0. The third-order valence-electron chi connectivity index (χ3n) is 20.7. The molecule has 7 aliphatic rings. The lowest BCUT2D eigenvalue weighted by molar-refractivity contribution is -0.0591. The predicted octanol–water partition coefficient (Wildman–Crippen LogP) is 15.2. The number of fused-ring (bicyclic) bond motifs is 10. The van der Waals surface area contributed by atoms with Crippen molar-refractivity contribution in [3.05, 3.63) is 41.0 Å². The first kappa shape index (κ1) is 47.5. The fourth-order valence-corrected chi connectivity index (χ4v) is 17.1. The number of phenols is 1. The van der Waals surface area contributed by atoms with E-state index in [0.29, 0.717) is 34.8 Å². The summed E-state index contributed by atoms with van der Waals surface area (Å²) in [5.74, 6) is 8.11. The van der Waals surface area contributed by atoms with Crippen molar-refractivity contribution in [2.24, 2.45) is 69.5 Å². The van der Waals surface area contributed by atoms with Gasteiger partial charge in [0.15, 0.2) is 0 Å². The van der Waals surface area contributed by atoms with Gasteiger partial charge in [-0.2, -0.15) is 0 Å². The smallest absolute Gasteiger partial charge is 0.409 e. The van der Waals surface area contributed by atoms with E-state index in [1.807, 2.05) is 18.0 Å². The van der Waals surface area contributed by atoms with Gasteiger partial charge in [0.25, 0.3) is 0 Å². The zero-order valence-electron chi connectivity index (χ0n) is 41.5. The van der Waals surface area contributed by atoms with Gasteiger partial charge >= 0.3 is 6.09 Å². The molecule has 1 aromatic rings. The molecule has 7 aliphatic carbocycles. The quantitative estimate of drug-likeness (QED) is 0.114. The second kappa shape index (κ2) is 20.1. The molecule has 0 radical (unpaired) electrons. The van der Waals surface area contributed by atoms with E-state index < -0.39 is 0 Å². The Hall–Kier alpha value is -2.01. The van der Waals surface area contributed by atoms with Gasteiger partial charge in [-0.05, 0) is 189 Å². The molecule has 5 saturated carbocycles. The number of phenolic OH excluding ortho intramolecular Hbond substituents is 1. The number of hydrogen-bond donors (Lipinski definition) is 2. The van der Waals surface area contributed by atoms with Crippen LogP contribution in [-0.4, -0.2) is 47.0 Å². The summed E-state index contributed by atoms with van der Waals surface area (Å²) in [4.78, 5) is 15.1. The number of hydrogen-bond acceptors (Lipinski definition) is 4. The van der Waals surface area contributed by atoms with Gasteiger partial charge in [-0.25, -0.2) is 4.79 Å². The first-order chi connectivity index (χ1) is 30.2. The topological polar surface area (TPSA) is 70.0 Å². The first-order valence-corrected chi connectivity index (χ1v) is 27.3. The van der Waals surface area contributed by atoms with Crippen LogP contribution >= 0.6 is 0 Å². The minimum Gasteiger partial charge on any atom is -0.508 e. The molecule has 0 heterocycles. The van der Waals surface area contributed by atoms with Crippen molar-refractivity contribution in [2.45, 2.75) is 227 Å². The van der Waals surface area contributed by atoms with Crippen LogP contribution in [0.25, 0.3) is 0 Å². The zero-order chi connectivity index (χ0) is 44.5. The average Bonchev–Trinajstić information content (AvgIpc) is 3.77. The van der Waals surface area contributed by atoms with Crippen molar-refractivity contribution in [1.29, 1.82) is 0 Å². The Bertz CT molecular complexity index is 1720. The standard InChI is InChI=1S/C58H93NO4/c1-39(2)18-17-19-40(3)49-25-26-50-48-23-21-43-38-45(29-32-56(43,4)51(48)31-34-57(49,50)5)63-55(62)59(7)35-16-14-12-10-8-9-11-13-15-20-41-36-42-37-44(60)22-24-46(42)47-30-33-58(6)52(54(41)47)27-28-53(58)61/h21-22,24,37,39-41,45,47-54,60-61H,8-20,23,25-36,38H2,1-7H3/t40-,41-,45+,47-,48+,49-,50+,51+,52+,53+,54-,56+,57-,58+/m1/s1. The molecule has 5 nitrogen and oxygen atoms in total. The van der Waals surface area contributed by atoms with Crippen LogP contribution in [0.4, 0.5) is 4.79 Å². The van der Waals surface area contributed by atoms with E-state index in [-0.39, 0.29) is 29.1 Å². The van der Waals surface area contributed by atoms with Gasteiger partial charge < -0.3 is 19.8 Å². The first-order valence-electron chi connectivity index (χ1n) is 27.3. The molecule has 2 N–H and O–H groups in total. The Morgan fingerprint density at radius 1 is 0.778 bits per heavy atom. The van der Waals surface area contributed by atoms with Crippen molar-refractivity contribution in [1.82, 2.24) is 4.90 Å². The van der Waals surface area contributed by atoms with E-state index in [9.17, 15) is 15.0 Å². The molecule has 63 heavy (non-hydrogen) atoms. The van der Waals surface area contributed by atoms with E-state index in [4.69, 9.17) is 4.74 Å². The maximum atomic E-state index is 13.3. The minimum atomic E-state index is -0.137. The lowest BCUT2D eigenvalue weighted by Crippen LogP contribution is -2.51. The van der Waals surface area contributed by atoms with Gasteiger partial charge in [0.2, 0.25) is 0 Å². The lowest BCUT2D eigenvalue weighted by atomic mass is 9.47. The summed E-state index contributed by atoms with van der Waals surface area (Å²) < 4.78 is 6.24. The summed E-state index contributed by atoms with van der Waals surface area (Å²) in [6.07, 6.45) is 34.9. The van der Waals surface area contributed by atoms with Gasteiger partial charge in [0, 0.05) is 20.0 Å². The van der Waals surface area contributed by atoms with E-state index in [0.717, 1.165) is 80.6 Å². The third kappa shape index (κ3) is 9.73. The van der Waals surface area contributed by atoms with Gasteiger partial charge in [0.1, 0.15) is 11.9 Å². The molecule has 5 heteroatoms. The Labute approximate surface area is 385 Å². The number of amides is 1. The number of ether oxygens (including phenoxy) is 1. The number of carbonyl (C=O) groups excluding carboxylic acids is 1.